The largest absolute Gasteiger partial charge is 0.310 e. The summed E-state index contributed by atoms with van der Waals surface area (Å²) in [6, 6.07) is 40.8. The summed E-state index contributed by atoms with van der Waals surface area (Å²) in [7, 11) is 0. The van der Waals surface area contributed by atoms with Gasteiger partial charge in [-0.25, -0.2) is 0 Å². The third-order valence-corrected chi connectivity index (χ3v) is 10.2. The molecule has 0 heterocycles. The molecule has 0 fully saturated rings. The monoisotopic (exact) mass is 651 g/mol. The van der Waals surface area contributed by atoms with E-state index in [0.29, 0.717) is 0 Å². The quantitative estimate of drug-likeness (QED) is 0.172. The normalized spacial score (nSPS) is 14.1. The Hall–Kier alpha value is -3.88. The molecule has 0 N–H and O–H groups in total. The number of fused-ring (bicyclic) bond motifs is 5. The number of rotatable bonds is 3. The lowest BCUT2D eigenvalue weighted by Crippen LogP contribution is -2.18. The Balaban J connectivity index is 1.53. The molecule has 0 unspecified atom stereocenters. The first kappa shape index (κ1) is 29.8. The minimum atomic E-state index is -0.0676. The van der Waals surface area contributed by atoms with Crippen LogP contribution in [0.1, 0.15) is 77.6 Å². The lowest BCUT2D eigenvalue weighted by atomic mass is 9.74. The average molecular weight is 653 g/mol. The van der Waals surface area contributed by atoms with Crippen LogP contribution in [-0.4, -0.2) is 0 Å². The second-order valence-corrected chi connectivity index (χ2v) is 16.2. The summed E-state index contributed by atoms with van der Waals surface area (Å²) in [6.07, 6.45) is 0. The molecule has 226 valence electrons. The molecule has 2 heteroatoms. The van der Waals surface area contributed by atoms with Crippen LogP contribution >= 0.6 is 15.9 Å². The van der Waals surface area contributed by atoms with Gasteiger partial charge in [-0.05, 0) is 114 Å². The van der Waals surface area contributed by atoms with Crippen LogP contribution in [0.15, 0.2) is 114 Å². The lowest BCUT2D eigenvalue weighted by molar-refractivity contribution is 0.593. The molecule has 0 aromatic heterocycles. The van der Waals surface area contributed by atoms with Gasteiger partial charge >= 0.3 is 0 Å². The molecular weight excluding hydrogens is 610 g/mol. The van der Waals surface area contributed by atoms with Crippen LogP contribution < -0.4 is 4.90 Å². The second-order valence-electron chi connectivity index (χ2n) is 15.2. The van der Waals surface area contributed by atoms with Gasteiger partial charge in [0.15, 0.2) is 0 Å². The predicted molar refractivity (Wildman–Crippen MR) is 199 cm³/mol. The Morgan fingerprint density at radius 2 is 1.02 bits per heavy atom. The maximum atomic E-state index is 3.79. The van der Waals surface area contributed by atoms with E-state index in [-0.39, 0.29) is 16.2 Å². The standard InChI is InChI=1S/C43H42BrN/c1-41(2,3)39-34-23-20-29(25-36(34)40(42(4,5)6)33-21-18-27(44)24-35(33)39)45(28-14-10-9-11-15-28)30-19-22-32-31-16-12-13-17-37(31)43(7,8)38(32)26-30/h9-26H,1-8H3. The molecule has 6 aromatic carbocycles. The first-order valence-corrected chi connectivity index (χ1v) is 16.9. The molecule has 0 aliphatic heterocycles. The third-order valence-electron chi connectivity index (χ3n) is 9.66. The predicted octanol–water partition coefficient (Wildman–Crippen LogP) is 13.1. The highest BCUT2D eigenvalue weighted by Crippen LogP contribution is 2.51. The molecular formula is C43H42BrN. The van der Waals surface area contributed by atoms with E-state index < -0.39 is 0 Å². The van der Waals surface area contributed by atoms with Crippen LogP contribution in [0.25, 0.3) is 32.7 Å². The Kier molecular flexibility index (Phi) is 6.84. The summed E-state index contributed by atoms with van der Waals surface area (Å²) >= 11 is 3.79. The van der Waals surface area contributed by atoms with Crippen LogP contribution in [0.4, 0.5) is 17.1 Å². The zero-order valence-electron chi connectivity index (χ0n) is 27.7. The first-order valence-electron chi connectivity index (χ1n) is 16.1. The van der Waals surface area contributed by atoms with Gasteiger partial charge in [-0.15, -0.1) is 0 Å². The Labute approximate surface area is 277 Å². The van der Waals surface area contributed by atoms with Crippen molar-refractivity contribution in [2.75, 3.05) is 4.90 Å². The number of hydrogen-bond donors (Lipinski definition) is 0. The Morgan fingerprint density at radius 3 is 1.69 bits per heavy atom. The zero-order chi connectivity index (χ0) is 31.9. The van der Waals surface area contributed by atoms with Crippen LogP contribution in [0.5, 0.6) is 0 Å². The van der Waals surface area contributed by atoms with Crippen molar-refractivity contribution in [3.8, 4) is 11.1 Å². The minimum Gasteiger partial charge on any atom is -0.310 e. The number of para-hydroxylation sites is 1. The molecule has 6 aromatic rings. The molecule has 0 amide bonds. The van der Waals surface area contributed by atoms with Crippen molar-refractivity contribution in [1.29, 1.82) is 0 Å². The van der Waals surface area contributed by atoms with Crippen LogP contribution in [0.2, 0.25) is 0 Å². The molecule has 0 bridgehead atoms. The number of nitrogens with zero attached hydrogens (tertiary/aromatic N) is 1. The molecule has 45 heavy (non-hydrogen) atoms. The van der Waals surface area contributed by atoms with Gasteiger partial charge in [0, 0.05) is 26.9 Å². The second kappa shape index (κ2) is 10.3. The van der Waals surface area contributed by atoms with Crippen LogP contribution in [0, 0.1) is 0 Å². The van der Waals surface area contributed by atoms with Crippen molar-refractivity contribution in [2.24, 2.45) is 0 Å². The Morgan fingerprint density at radius 1 is 0.489 bits per heavy atom. The summed E-state index contributed by atoms with van der Waals surface area (Å²) < 4.78 is 1.12. The van der Waals surface area contributed by atoms with E-state index in [0.717, 1.165) is 10.2 Å². The van der Waals surface area contributed by atoms with Gasteiger partial charge in [0.05, 0.1) is 0 Å². The fraction of sp³-hybridized carbons (Fsp3) is 0.256. The molecule has 0 radical (unpaired) electrons. The third kappa shape index (κ3) is 4.81. The van der Waals surface area contributed by atoms with Gasteiger partial charge in [0.25, 0.3) is 0 Å². The van der Waals surface area contributed by atoms with E-state index >= 15 is 0 Å². The topological polar surface area (TPSA) is 3.24 Å². The minimum absolute atomic E-state index is 0.0328. The summed E-state index contributed by atoms with van der Waals surface area (Å²) in [5.74, 6) is 0. The molecule has 1 nitrogen and oxygen atoms in total. The van der Waals surface area contributed by atoms with Gasteiger partial charge in [0.1, 0.15) is 0 Å². The molecule has 0 atom stereocenters. The lowest BCUT2D eigenvalue weighted by Gasteiger charge is -2.32. The Bertz CT molecular complexity index is 2110. The van der Waals surface area contributed by atoms with E-state index in [4.69, 9.17) is 0 Å². The van der Waals surface area contributed by atoms with E-state index in [1.807, 2.05) is 0 Å². The molecule has 1 aliphatic rings. The van der Waals surface area contributed by atoms with Gasteiger partial charge in [-0.1, -0.05) is 132 Å². The fourth-order valence-electron chi connectivity index (χ4n) is 7.80. The molecule has 7 rings (SSSR count). The highest BCUT2D eigenvalue weighted by molar-refractivity contribution is 9.10. The summed E-state index contributed by atoms with van der Waals surface area (Å²) in [5, 5.41) is 5.33. The molecule has 1 aliphatic carbocycles. The van der Waals surface area contributed by atoms with Crippen LogP contribution in [0.3, 0.4) is 0 Å². The van der Waals surface area contributed by atoms with Crippen molar-refractivity contribution in [3.05, 3.63) is 136 Å². The first-order chi connectivity index (χ1) is 21.3. The number of anilines is 3. The molecule has 0 spiro atoms. The number of hydrogen-bond acceptors (Lipinski definition) is 1. The maximum Gasteiger partial charge on any atom is 0.0468 e. The maximum absolute atomic E-state index is 3.79. The van der Waals surface area contributed by atoms with Gasteiger partial charge < -0.3 is 4.90 Å². The van der Waals surface area contributed by atoms with Crippen molar-refractivity contribution in [3.63, 3.8) is 0 Å². The SMILES string of the molecule is CC(C)(C)c1c2ccc(N(c3ccccc3)c3ccc4c(c3)C(C)(C)c3ccccc3-4)cc2c(C(C)(C)C)c2ccc(Br)cc12. The van der Waals surface area contributed by atoms with E-state index in [2.05, 4.69) is 185 Å². The highest BCUT2D eigenvalue weighted by atomic mass is 79.9. The van der Waals surface area contributed by atoms with Gasteiger partial charge in [-0.2, -0.15) is 0 Å². The molecule has 0 saturated heterocycles. The van der Waals surface area contributed by atoms with E-state index in [1.54, 1.807) is 0 Å². The van der Waals surface area contributed by atoms with Crippen molar-refractivity contribution < 1.29 is 0 Å². The number of halogens is 1. The summed E-state index contributed by atoms with van der Waals surface area (Å²) in [4.78, 5) is 2.44. The summed E-state index contributed by atoms with van der Waals surface area (Å²) in [6.45, 7) is 18.8. The van der Waals surface area contributed by atoms with E-state index in [9.17, 15) is 0 Å². The molecule has 0 saturated carbocycles. The highest BCUT2D eigenvalue weighted by Gasteiger charge is 2.36. The van der Waals surface area contributed by atoms with Gasteiger partial charge in [0.2, 0.25) is 0 Å². The van der Waals surface area contributed by atoms with Crippen LogP contribution in [-0.2, 0) is 16.2 Å². The number of benzene rings is 6. The van der Waals surface area contributed by atoms with Crippen molar-refractivity contribution in [2.45, 2.75) is 71.6 Å². The average Bonchev–Trinajstić information content (AvgIpc) is 3.21. The van der Waals surface area contributed by atoms with Crippen molar-refractivity contribution in [1.82, 2.24) is 0 Å². The van der Waals surface area contributed by atoms with Crippen molar-refractivity contribution >= 4 is 54.5 Å². The van der Waals surface area contributed by atoms with E-state index in [1.165, 1.54) is 66.3 Å². The van der Waals surface area contributed by atoms with Gasteiger partial charge in [-0.3, -0.25) is 0 Å². The summed E-state index contributed by atoms with van der Waals surface area (Å²) in [5.41, 5.74) is 11.6. The smallest absolute Gasteiger partial charge is 0.0468 e. The zero-order valence-corrected chi connectivity index (χ0v) is 29.3. The fourth-order valence-corrected chi connectivity index (χ4v) is 8.16.